The van der Waals surface area contributed by atoms with E-state index in [0.717, 1.165) is 109 Å². The second kappa shape index (κ2) is 49.5. The molecular weight excluding hydrogens is 949 g/mol. The summed E-state index contributed by atoms with van der Waals surface area (Å²) in [7, 11) is 0. The Kier molecular flexibility index (Phi) is 44.6. The summed E-state index contributed by atoms with van der Waals surface area (Å²) in [5.74, 6) is -3.44. The van der Waals surface area contributed by atoms with Crippen LogP contribution in [0.25, 0.3) is 0 Å². The molecule has 1 fully saturated rings. The van der Waals surface area contributed by atoms with Crippen LogP contribution in [0.2, 0.25) is 0 Å². The molecule has 0 aromatic heterocycles. The molecule has 0 spiro atoms. The number of aliphatic hydroxyl groups is 2. The van der Waals surface area contributed by atoms with Crippen LogP contribution in [-0.4, -0.2) is 89.2 Å². The minimum atomic E-state index is -1.94. The van der Waals surface area contributed by atoms with Gasteiger partial charge in [-0.3, -0.25) is 14.4 Å². The average molecular weight is 1040 g/mol. The number of esters is 3. The highest BCUT2D eigenvalue weighted by molar-refractivity contribution is 5.74. The first kappa shape index (κ1) is 67.6. The maximum atomic E-state index is 13.1. The first-order valence-electron chi connectivity index (χ1n) is 27.8. The molecule has 0 amide bonds. The zero-order chi connectivity index (χ0) is 54.7. The average Bonchev–Trinajstić information content (AvgIpc) is 3.39. The van der Waals surface area contributed by atoms with Gasteiger partial charge in [0.2, 0.25) is 0 Å². The molecule has 12 nitrogen and oxygen atoms in total. The summed E-state index contributed by atoms with van der Waals surface area (Å²) < 4.78 is 28.1. The van der Waals surface area contributed by atoms with Crippen molar-refractivity contribution < 1.29 is 58.2 Å². The molecule has 418 valence electrons. The van der Waals surface area contributed by atoms with Gasteiger partial charge < -0.3 is 39.0 Å². The van der Waals surface area contributed by atoms with Gasteiger partial charge in [-0.05, 0) is 103 Å². The Bertz CT molecular complexity index is 1860. The number of aliphatic hydroxyl groups excluding tert-OH is 2. The SMILES string of the molecule is CC/C=C\C/C=C\C/C=C\C/C=C\C/C=C\CC(=O)OCC(COC1OC(C(=O)O)C(O)C(O)C1OC(=O)CCCCCCCCC/C=C\C/C=C\C/C=C\CC)OC(=O)CC/C=C\C/C=C\C/C=C\C/C=C\CC. The van der Waals surface area contributed by atoms with Gasteiger partial charge in [0.15, 0.2) is 24.6 Å². The quantitative estimate of drug-likeness (QED) is 0.0228. The van der Waals surface area contributed by atoms with Crippen LogP contribution in [0, 0.1) is 0 Å². The fourth-order valence-electron chi connectivity index (χ4n) is 7.29. The van der Waals surface area contributed by atoms with Crippen molar-refractivity contribution in [2.75, 3.05) is 13.2 Å². The van der Waals surface area contributed by atoms with E-state index in [0.29, 0.717) is 25.7 Å². The van der Waals surface area contributed by atoms with Crippen LogP contribution in [0.1, 0.15) is 175 Å². The molecule has 0 aromatic rings. The topological polar surface area (TPSA) is 175 Å². The highest BCUT2D eigenvalue weighted by Gasteiger charge is 2.50. The van der Waals surface area contributed by atoms with E-state index in [1.54, 1.807) is 6.08 Å². The van der Waals surface area contributed by atoms with Crippen molar-refractivity contribution in [3.8, 4) is 0 Å². The Labute approximate surface area is 451 Å². The van der Waals surface area contributed by atoms with Crippen molar-refractivity contribution >= 4 is 23.9 Å². The van der Waals surface area contributed by atoms with Crippen LogP contribution < -0.4 is 0 Å². The highest BCUT2D eigenvalue weighted by Crippen LogP contribution is 2.26. The second-order valence-corrected chi connectivity index (χ2v) is 18.1. The third-order valence-corrected chi connectivity index (χ3v) is 11.4. The molecular formula is C63H94O12. The van der Waals surface area contributed by atoms with Crippen molar-refractivity contribution in [1.82, 2.24) is 0 Å². The monoisotopic (exact) mass is 1040 g/mol. The third-order valence-electron chi connectivity index (χ3n) is 11.4. The number of aliphatic carboxylic acids is 1. The first-order valence-corrected chi connectivity index (χ1v) is 27.8. The van der Waals surface area contributed by atoms with Crippen molar-refractivity contribution in [2.24, 2.45) is 0 Å². The van der Waals surface area contributed by atoms with Crippen LogP contribution in [0.4, 0.5) is 0 Å². The Balaban J connectivity index is 2.80. The van der Waals surface area contributed by atoms with Crippen molar-refractivity contribution in [1.29, 1.82) is 0 Å². The molecule has 1 aliphatic rings. The largest absolute Gasteiger partial charge is 0.479 e. The molecule has 0 bridgehead atoms. The first-order chi connectivity index (χ1) is 36.6. The van der Waals surface area contributed by atoms with Gasteiger partial charge >= 0.3 is 23.9 Å². The molecule has 6 unspecified atom stereocenters. The van der Waals surface area contributed by atoms with Crippen LogP contribution in [0.5, 0.6) is 0 Å². The lowest BCUT2D eigenvalue weighted by Crippen LogP contribution is -2.61. The zero-order valence-electron chi connectivity index (χ0n) is 45.7. The fourth-order valence-corrected chi connectivity index (χ4v) is 7.29. The van der Waals surface area contributed by atoms with Crippen molar-refractivity contribution in [3.63, 3.8) is 0 Å². The number of carbonyl (C=O) groups is 4. The Morgan fingerprint density at radius 1 is 0.453 bits per heavy atom. The predicted molar refractivity (Wildman–Crippen MR) is 302 cm³/mol. The van der Waals surface area contributed by atoms with Crippen LogP contribution in [0.3, 0.4) is 0 Å². The number of carbonyl (C=O) groups excluding carboxylic acids is 3. The molecule has 0 aromatic carbocycles. The smallest absolute Gasteiger partial charge is 0.335 e. The van der Waals surface area contributed by atoms with Gasteiger partial charge in [0, 0.05) is 12.8 Å². The van der Waals surface area contributed by atoms with E-state index in [4.69, 9.17) is 23.7 Å². The lowest BCUT2D eigenvalue weighted by molar-refractivity contribution is -0.301. The molecule has 0 saturated carbocycles. The van der Waals surface area contributed by atoms with Crippen LogP contribution in [0.15, 0.2) is 146 Å². The van der Waals surface area contributed by atoms with E-state index < -0.39 is 73.9 Å². The molecule has 0 radical (unpaired) electrons. The van der Waals surface area contributed by atoms with E-state index in [-0.39, 0.29) is 19.3 Å². The van der Waals surface area contributed by atoms with Gasteiger partial charge in [-0.2, -0.15) is 0 Å². The number of unbranched alkanes of at least 4 members (excludes halogenated alkanes) is 7. The lowest BCUT2D eigenvalue weighted by Gasteiger charge is -2.40. The molecule has 6 atom stereocenters. The van der Waals surface area contributed by atoms with E-state index in [1.807, 2.05) is 36.5 Å². The number of hydrogen-bond acceptors (Lipinski definition) is 11. The molecule has 3 N–H and O–H groups in total. The predicted octanol–water partition coefficient (Wildman–Crippen LogP) is 14.0. The maximum absolute atomic E-state index is 13.1. The number of ether oxygens (including phenoxy) is 5. The van der Waals surface area contributed by atoms with Crippen LogP contribution in [-0.2, 0) is 42.9 Å². The molecule has 12 heteroatoms. The maximum Gasteiger partial charge on any atom is 0.335 e. The summed E-state index contributed by atoms with van der Waals surface area (Å²) in [5, 5.41) is 31.4. The van der Waals surface area contributed by atoms with E-state index in [9.17, 15) is 34.5 Å². The fraction of sp³-hybridized carbons (Fsp3) is 0.556. The number of carboxylic acids is 1. The van der Waals surface area contributed by atoms with E-state index >= 15 is 0 Å². The lowest BCUT2D eigenvalue weighted by atomic mass is 9.98. The molecule has 1 rings (SSSR count). The normalized spacial score (nSPS) is 19.3. The van der Waals surface area contributed by atoms with Gasteiger partial charge in [-0.15, -0.1) is 0 Å². The van der Waals surface area contributed by atoms with Gasteiger partial charge in [0.1, 0.15) is 18.8 Å². The number of allylic oxidation sites excluding steroid dienone is 23. The summed E-state index contributed by atoms with van der Waals surface area (Å²) in [6, 6.07) is 0. The highest BCUT2D eigenvalue weighted by atomic mass is 16.7. The summed E-state index contributed by atoms with van der Waals surface area (Å²) in [4.78, 5) is 50.9. The minimum absolute atomic E-state index is 0.0125. The molecule has 1 heterocycles. The number of rotatable bonds is 44. The molecule has 1 aliphatic heterocycles. The van der Waals surface area contributed by atoms with Gasteiger partial charge in [0.25, 0.3) is 0 Å². The van der Waals surface area contributed by atoms with Crippen molar-refractivity contribution in [3.05, 3.63) is 146 Å². The summed E-state index contributed by atoms with van der Waals surface area (Å²) in [5.41, 5.74) is 0. The minimum Gasteiger partial charge on any atom is -0.479 e. The van der Waals surface area contributed by atoms with Gasteiger partial charge in [0.05, 0.1) is 13.0 Å². The summed E-state index contributed by atoms with van der Waals surface area (Å²) in [6.07, 6.45) is 58.7. The van der Waals surface area contributed by atoms with Gasteiger partial charge in [-0.1, -0.05) is 199 Å². The van der Waals surface area contributed by atoms with E-state index in [2.05, 4.69) is 124 Å². The Morgan fingerprint density at radius 3 is 1.33 bits per heavy atom. The molecule has 1 saturated heterocycles. The number of hydrogen-bond donors (Lipinski definition) is 3. The van der Waals surface area contributed by atoms with E-state index in [1.165, 1.54) is 0 Å². The summed E-state index contributed by atoms with van der Waals surface area (Å²) >= 11 is 0. The Morgan fingerprint density at radius 2 is 0.867 bits per heavy atom. The standard InChI is InChI=1S/C63H94O12/c1-4-7-10-13-16-19-22-25-27-28-30-33-36-39-42-45-48-51-57(66)74-61-59(68)58(67)60(62(69)70)75-63(61)72-53-54(73-56(65)50-47-44-41-38-35-31-24-21-18-15-12-9-6-3)52-71-55(64)49-46-43-40-37-34-32-29-26-23-20-17-14-11-8-5-2/h7-12,16-21,25-27,29,31,34-35,37,41,43-44,46,54,58-61,63,67-68H,4-6,13-15,22-24,28,30,32-33,36,38-40,42,45,47-53H2,1-3H3,(H,69,70)/b10-7-,11-8-,12-9-,19-16-,20-17-,21-18-,27-25-,29-26-,35-31-,37-34-,44-41-,46-43-. The summed E-state index contributed by atoms with van der Waals surface area (Å²) in [6.45, 7) is 5.46. The second-order valence-electron chi connectivity index (χ2n) is 18.1. The third kappa shape index (κ3) is 39.7. The van der Waals surface area contributed by atoms with Gasteiger partial charge in [-0.25, -0.2) is 4.79 Å². The molecule has 75 heavy (non-hydrogen) atoms. The van der Waals surface area contributed by atoms with Crippen molar-refractivity contribution in [2.45, 2.75) is 212 Å². The number of carboxylic acid groups (broad SMARTS) is 1. The van der Waals surface area contributed by atoms with Crippen LogP contribution >= 0.6 is 0 Å². The molecule has 0 aliphatic carbocycles. The zero-order valence-corrected chi connectivity index (χ0v) is 45.7. The Hall–Kier alpha value is -5.40.